The molecule has 0 saturated heterocycles. The Hall–Kier alpha value is -1.76. The largest absolute Gasteiger partial charge is 0.497 e. The van der Waals surface area contributed by atoms with Crippen molar-refractivity contribution in [1.82, 2.24) is 0 Å². The summed E-state index contributed by atoms with van der Waals surface area (Å²) in [6.45, 7) is 2.44. The van der Waals surface area contributed by atoms with Crippen LogP contribution in [0.5, 0.6) is 5.75 Å². The predicted molar refractivity (Wildman–Crippen MR) is 105 cm³/mol. The van der Waals surface area contributed by atoms with Crippen LogP contribution in [0.2, 0.25) is 0 Å². The van der Waals surface area contributed by atoms with Gasteiger partial charge in [-0.25, -0.2) is 0 Å². The number of benzene rings is 2. The van der Waals surface area contributed by atoms with Crippen LogP contribution in [0.4, 0.5) is 0 Å². The Bertz CT molecular complexity index is 685. The Morgan fingerprint density at radius 2 is 1.32 bits per heavy atom. The molecule has 2 aromatic rings. The van der Waals surface area contributed by atoms with Gasteiger partial charge in [-0.2, -0.15) is 0 Å². The van der Waals surface area contributed by atoms with E-state index in [2.05, 4.69) is 43.3 Å². The zero-order valence-electron chi connectivity index (χ0n) is 15.6. The lowest BCUT2D eigenvalue weighted by molar-refractivity contribution is 0.124. The summed E-state index contributed by atoms with van der Waals surface area (Å²) in [5, 5.41) is 0. The van der Waals surface area contributed by atoms with Gasteiger partial charge in [-0.15, -0.1) is 0 Å². The van der Waals surface area contributed by atoms with Crippen molar-refractivity contribution >= 4 is 0 Å². The van der Waals surface area contributed by atoms with Crippen molar-refractivity contribution in [3.63, 3.8) is 0 Å². The molecule has 4 rings (SSSR count). The Morgan fingerprint density at radius 1 is 0.720 bits per heavy atom. The number of hydrogen-bond donors (Lipinski definition) is 0. The minimum atomic E-state index is 0.777. The van der Waals surface area contributed by atoms with Crippen molar-refractivity contribution in [2.45, 2.75) is 51.4 Å². The first kappa shape index (κ1) is 16.7. The van der Waals surface area contributed by atoms with Gasteiger partial charge in [0.05, 0.1) is 7.11 Å². The number of rotatable bonds is 3. The van der Waals surface area contributed by atoms with Gasteiger partial charge in [-0.05, 0) is 84.6 Å². The van der Waals surface area contributed by atoms with Gasteiger partial charge >= 0.3 is 0 Å². The summed E-state index contributed by atoms with van der Waals surface area (Å²) in [5.74, 6) is 4.65. The molecule has 132 valence electrons. The lowest BCUT2D eigenvalue weighted by Crippen LogP contribution is -2.29. The predicted octanol–water partition coefficient (Wildman–Crippen LogP) is 6.68. The number of ether oxygens (including phenoxy) is 1. The van der Waals surface area contributed by atoms with Crippen molar-refractivity contribution < 1.29 is 4.74 Å². The topological polar surface area (TPSA) is 9.23 Å². The Morgan fingerprint density at radius 3 is 2.00 bits per heavy atom. The summed E-state index contributed by atoms with van der Waals surface area (Å²) in [5.41, 5.74) is 4.11. The zero-order valence-corrected chi connectivity index (χ0v) is 15.6. The molecule has 0 aromatic heterocycles. The molecule has 1 nitrogen and oxygen atoms in total. The van der Waals surface area contributed by atoms with E-state index in [1.165, 1.54) is 49.7 Å². The van der Waals surface area contributed by atoms with E-state index in [4.69, 9.17) is 4.74 Å². The van der Waals surface area contributed by atoms with Crippen LogP contribution >= 0.6 is 0 Å². The molecule has 0 radical (unpaired) electrons. The van der Waals surface area contributed by atoms with E-state index in [0.717, 1.165) is 29.4 Å². The summed E-state index contributed by atoms with van der Waals surface area (Å²) >= 11 is 0. The van der Waals surface area contributed by atoms with Gasteiger partial charge in [-0.3, -0.25) is 0 Å². The summed E-state index contributed by atoms with van der Waals surface area (Å²) in [4.78, 5) is 0. The highest BCUT2D eigenvalue weighted by atomic mass is 16.5. The van der Waals surface area contributed by atoms with E-state index in [1.54, 1.807) is 12.7 Å². The molecule has 25 heavy (non-hydrogen) atoms. The molecule has 0 spiro atoms. The molecule has 0 heterocycles. The van der Waals surface area contributed by atoms with Crippen LogP contribution < -0.4 is 4.74 Å². The lowest BCUT2D eigenvalue weighted by Gasteiger charge is -2.41. The Labute approximate surface area is 152 Å². The maximum atomic E-state index is 5.25. The third-order valence-corrected chi connectivity index (χ3v) is 6.68. The first-order valence-electron chi connectivity index (χ1n) is 9.97. The molecular formula is C24H30O. The summed E-state index contributed by atoms with van der Waals surface area (Å²) < 4.78 is 5.25. The highest BCUT2D eigenvalue weighted by molar-refractivity contribution is 5.64. The van der Waals surface area contributed by atoms with Crippen LogP contribution in [-0.4, -0.2) is 7.11 Å². The van der Waals surface area contributed by atoms with Crippen molar-refractivity contribution in [3.8, 4) is 16.9 Å². The van der Waals surface area contributed by atoms with Crippen molar-refractivity contribution in [1.29, 1.82) is 0 Å². The third-order valence-electron chi connectivity index (χ3n) is 6.68. The minimum Gasteiger partial charge on any atom is -0.497 e. The molecule has 4 atom stereocenters. The SMILES string of the molecule is COc1ccc(-c2ccc(C3CCC4CC(C)CCC4C3)cc2)cc1. The summed E-state index contributed by atoms with van der Waals surface area (Å²) in [7, 11) is 1.71. The quantitative estimate of drug-likeness (QED) is 0.608. The highest BCUT2D eigenvalue weighted by Gasteiger charge is 2.34. The molecule has 0 N–H and O–H groups in total. The normalized spacial score (nSPS) is 29.0. The molecule has 2 aromatic carbocycles. The van der Waals surface area contributed by atoms with E-state index < -0.39 is 0 Å². The van der Waals surface area contributed by atoms with Crippen LogP contribution in [0.3, 0.4) is 0 Å². The summed E-state index contributed by atoms with van der Waals surface area (Å²) in [6.07, 6.45) is 8.64. The smallest absolute Gasteiger partial charge is 0.118 e. The minimum absolute atomic E-state index is 0.777. The van der Waals surface area contributed by atoms with Crippen LogP contribution in [0, 0.1) is 17.8 Å². The van der Waals surface area contributed by atoms with E-state index in [0.29, 0.717) is 0 Å². The average molecular weight is 335 g/mol. The molecule has 2 fully saturated rings. The maximum absolute atomic E-state index is 5.25. The Balaban J connectivity index is 1.45. The first-order valence-corrected chi connectivity index (χ1v) is 9.97. The number of hydrogen-bond acceptors (Lipinski definition) is 1. The summed E-state index contributed by atoms with van der Waals surface area (Å²) in [6, 6.07) is 17.7. The molecule has 2 saturated carbocycles. The molecule has 1 heteroatoms. The maximum Gasteiger partial charge on any atom is 0.118 e. The second-order valence-electron chi connectivity index (χ2n) is 8.30. The van der Waals surface area contributed by atoms with E-state index in [9.17, 15) is 0 Å². The second-order valence-corrected chi connectivity index (χ2v) is 8.30. The standard InChI is InChI=1S/C24H30O/c1-17-3-4-23-16-22(10-9-21(23)15-17)20-7-5-18(6-8-20)19-11-13-24(25-2)14-12-19/h5-8,11-14,17,21-23H,3-4,9-10,15-16H2,1-2H3. The molecule has 0 aliphatic heterocycles. The van der Waals surface area contributed by atoms with Gasteiger partial charge in [0, 0.05) is 0 Å². The molecule has 0 amide bonds. The van der Waals surface area contributed by atoms with Crippen molar-refractivity contribution in [3.05, 3.63) is 54.1 Å². The van der Waals surface area contributed by atoms with Gasteiger partial charge in [0.1, 0.15) is 5.75 Å². The fourth-order valence-electron chi connectivity index (χ4n) is 5.16. The number of fused-ring (bicyclic) bond motifs is 1. The number of methoxy groups -OCH3 is 1. The highest BCUT2D eigenvalue weighted by Crippen LogP contribution is 2.47. The van der Waals surface area contributed by atoms with Crippen LogP contribution in [0.1, 0.15) is 56.9 Å². The van der Waals surface area contributed by atoms with Crippen molar-refractivity contribution in [2.24, 2.45) is 17.8 Å². The van der Waals surface area contributed by atoms with Gasteiger partial charge in [0.15, 0.2) is 0 Å². The molecule has 2 aliphatic rings. The van der Waals surface area contributed by atoms with Crippen molar-refractivity contribution in [2.75, 3.05) is 7.11 Å². The van der Waals surface area contributed by atoms with Gasteiger partial charge < -0.3 is 4.74 Å². The molecule has 4 unspecified atom stereocenters. The van der Waals surface area contributed by atoms with Crippen LogP contribution in [0.15, 0.2) is 48.5 Å². The van der Waals surface area contributed by atoms with Crippen LogP contribution in [-0.2, 0) is 0 Å². The van der Waals surface area contributed by atoms with Gasteiger partial charge in [0.25, 0.3) is 0 Å². The van der Waals surface area contributed by atoms with Gasteiger partial charge in [-0.1, -0.05) is 49.7 Å². The van der Waals surface area contributed by atoms with E-state index in [1.807, 2.05) is 12.1 Å². The fraction of sp³-hybridized carbons (Fsp3) is 0.500. The molecular weight excluding hydrogens is 304 g/mol. The van der Waals surface area contributed by atoms with Crippen LogP contribution in [0.25, 0.3) is 11.1 Å². The monoisotopic (exact) mass is 334 g/mol. The Kier molecular flexibility index (Phi) is 4.83. The zero-order chi connectivity index (χ0) is 17.2. The third kappa shape index (κ3) is 3.61. The first-order chi connectivity index (χ1) is 12.2. The lowest BCUT2D eigenvalue weighted by atomic mass is 9.64. The second kappa shape index (κ2) is 7.23. The molecule has 0 bridgehead atoms. The van der Waals surface area contributed by atoms with Gasteiger partial charge in [0.2, 0.25) is 0 Å². The average Bonchev–Trinajstić information content (AvgIpc) is 2.68. The van der Waals surface area contributed by atoms with E-state index >= 15 is 0 Å². The van der Waals surface area contributed by atoms with E-state index in [-0.39, 0.29) is 0 Å². The fourth-order valence-corrected chi connectivity index (χ4v) is 5.16. The molecule has 2 aliphatic carbocycles.